The fraction of sp³-hybridized carbons (Fsp3) is 0.227. The van der Waals surface area contributed by atoms with Crippen LogP contribution in [-0.2, 0) is 0 Å². The Hall–Kier alpha value is -3.41. The van der Waals surface area contributed by atoms with E-state index >= 15 is 0 Å². The monoisotopic (exact) mass is 371 g/mol. The molecule has 2 aromatic carbocycles. The summed E-state index contributed by atoms with van der Waals surface area (Å²) in [4.78, 5) is 15.1. The molecule has 1 amide bonds. The van der Waals surface area contributed by atoms with Crippen LogP contribution in [0.25, 0.3) is 22.0 Å². The first-order valence-electron chi connectivity index (χ1n) is 9.62. The fourth-order valence-corrected chi connectivity index (χ4v) is 4.13. The second kappa shape index (κ2) is 6.96. The summed E-state index contributed by atoms with van der Waals surface area (Å²) in [5.74, 6) is 0.225. The summed E-state index contributed by atoms with van der Waals surface area (Å²) < 4.78 is 0. The average molecular weight is 371 g/mol. The first kappa shape index (κ1) is 16.7. The first-order valence-corrected chi connectivity index (χ1v) is 9.62. The number of nitrogens with one attached hydrogen (secondary N) is 2. The Morgan fingerprint density at radius 3 is 2.75 bits per heavy atom. The van der Waals surface area contributed by atoms with Crippen molar-refractivity contribution < 1.29 is 4.79 Å². The maximum Gasteiger partial charge on any atom is 0.275 e. The largest absolute Gasteiger partial charge is 0.337 e. The van der Waals surface area contributed by atoms with E-state index in [0.717, 1.165) is 47.1 Å². The molecular weight excluding hydrogens is 350 g/mol. The minimum Gasteiger partial charge on any atom is -0.337 e. The number of carbonyl (C=O) groups is 1. The number of para-hydroxylation sites is 1. The number of rotatable bonds is 3. The van der Waals surface area contributed by atoms with Gasteiger partial charge in [0.05, 0.1) is 11.7 Å². The molecule has 4 aromatic rings. The molecule has 2 aromatic heterocycles. The summed E-state index contributed by atoms with van der Waals surface area (Å²) in [5, 5.41) is 15.6. The lowest BCUT2D eigenvalue weighted by Crippen LogP contribution is -2.39. The molecule has 2 N–H and O–H groups in total. The van der Waals surface area contributed by atoms with Gasteiger partial charge in [0.25, 0.3) is 5.91 Å². The van der Waals surface area contributed by atoms with Gasteiger partial charge < -0.3 is 4.90 Å². The normalized spacial score (nSPS) is 17.1. The van der Waals surface area contributed by atoms with Crippen molar-refractivity contribution in [1.82, 2.24) is 25.3 Å². The highest BCUT2D eigenvalue weighted by atomic mass is 16.2. The van der Waals surface area contributed by atoms with Crippen molar-refractivity contribution in [1.29, 1.82) is 0 Å². The molecule has 0 saturated carbocycles. The lowest BCUT2D eigenvalue weighted by atomic mass is 9.90. The van der Waals surface area contributed by atoms with Crippen molar-refractivity contribution in [2.24, 2.45) is 0 Å². The summed E-state index contributed by atoms with van der Waals surface area (Å²) >= 11 is 0. The van der Waals surface area contributed by atoms with Gasteiger partial charge in [0, 0.05) is 35.7 Å². The van der Waals surface area contributed by atoms with Crippen LogP contribution in [0.5, 0.6) is 0 Å². The van der Waals surface area contributed by atoms with Crippen LogP contribution in [0.1, 0.15) is 34.9 Å². The van der Waals surface area contributed by atoms with Gasteiger partial charge in [-0.3, -0.25) is 15.0 Å². The van der Waals surface area contributed by atoms with Crippen molar-refractivity contribution >= 4 is 16.8 Å². The molecule has 1 aliphatic heterocycles. The van der Waals surface area contributed by atoms with Gasteiger partial charge in [-0.25, -0.2) is 0 Å². The Labute approximate surface area is 162 Å². The molecule has 1 fully saturated rings. The number of aromatic nitrogens is 4. The molecule has 0 spiro atoms. The highest BCUT2D eigenvalue weighted by Crippen LogP contribution is 2.33. The molecule has 6 heteroatoms. The van der Waals surface area contributed by atoms with Crippen LogP contribution in [0, 0.1) is 0 Å². The number of H-pyrrole nitrogens is 2. The third-order valence-electron chi connectivity index (χ3n) is 5.54. The molecule has 3 heterocycles. The number of fused-ring (bicyclic) bond motifs is 1. The second-order valence-electron chi connectivity index (χ2n) is 7.27. The lowest BCUT2D eigenvalue weighted by Gasteiger charge is -2.32. The van der Waals surface area contributed by atoms with E-state index in [9.17, 15) is 4.79 Å². The second-order valence-corrected chi connectivity index (χ2v) is 7.27. The zero-order valence-corrected chi connectivity index (χ0v) is 15.4. The summed E-state index contributed by atoms with van der Waals surface area (Å²) in [6.45, 7) is 1.42. The third kappa shape index (κ3) is 2.87. The number of likely N-dealkylation sites (tertiary alicyclic amines) is 1. The Kier molecular flexibility index (Phi) is 4.16. The third-order valence-corrected chi connectivity index (χ3v) is 5.54. The van der Waals surface area contributed by atoms with E-state index in [1.807, 2.05) is 53.6 Å². The van der Waals surface area contributed by atoms with Crippen LogP contribution in [-0.4, -0.2) is 44.3 Å². The summed E-state index contributed by atoms with van der Waals surface area (Å²) in [6, 6.07) is 18.0. The van der Waals surface area contributed by atoms with Crippen LogP contribution < -0.4 is 0 Å². The van der Waals surface area contributed by atoms with Gasteiger partial charge >= 0.3 is 0 Å². The molecule has 1 atom stereocenters. The average Bonchev–Trinajstić information content (AvgIpc) is 3.41. The summed E-state index contributed by atoms with van der Waals surface area (Å²) in [7, 11) is 0. The predicted molar refractivity (Wildman–Crippen MR) is 108 cm³/mol. The van der Waals surface area contributed by atoms with Crippen LogP contribution in [0.15, 0.2) is 60.8 Å². The zero-order chi connectivity index (χ0) is 18.9. The van der Waals surface area contributed by atoms with E-state index in [0.29, 0.717) is 12.2 Å². The standard InChI is InChI=1S/C22H21N5O/c28-22(21-17-10-4-5-11-19(17)24-26-21)27-12-6-9-16(14-27)20-18(13-23-25-20)15-7-2-1-3-8-15/h1-5,7-8,10-11,13,16H,6,9,12,14H2,(H,23,25)(H,24,26). The van der Waals surface area contributed by atoms with Gasteiger partial charge in [-0.05, 0) is 24.5 Å². The predicted octanol–water partition coefficient (Wildman–Crippen LogP) is 3.97. The van der Waals surface area contributed by atoms with Crippen molar-refractivity contribution in [3.8, 4) is 11.1 Å². The summed E-state index contributed by atoms with van der Waals surface area (Å²) in [5.41, 5.74) is 4.76. The van der Waals surface area contributed by atoms with Crippen molar-refractivity contribution in [2.45, 2.75) is 18.8 Å². The molecule has 6 nitrogen and oxygen atoms in total. The van der Waals surface area contributed by atoms with E-state index < -0.39 is 0 Å². The molecule has 5 rings (SSSR count). The summed E-state index contributed by atoms with van der Waals surface area (Å²) in [6.07, 6.45) is 3.88. The number of amides is 1. The fourth-order valence-electron chi connectivity index (χ4n) is 4.13. The van der Waals surface area contributed by atoms with Crippen LogP contribution >= 0.6 is 0 Å². The van der Waals surface area contributed by atoms with Crippen molar-refractivity contribution in [3.63, 3.8) is 0 Å². The molecule has 28 heavy (non-hydrogen) atoms. The zero-order valence-electron chi connectivity index (χ0n) is 15.4. The number of carbonyl (C=O) groups excluding carboxylic acids is 1. The number of piperidine rings is 1. The highest BCUT2D eigenvalue weighted by Gasteiger charge is 2.29. The van der Waals surface area contributed by atoms with E-state index in [-0.39, 0.29) is 11.8 Å². The quantitative estimate of drug-likeness (QED) is 0.572. The Morgan fingerprint density at radius 1 is 1.04 bits per heavy atom. The number of nitrogens with zero attached hydrogens (tertiary/aromatic N) is 3. The van der Waals surface area contributed by atoms with Gasteiger partial charge in [0.15, 0.2) is 5.69 Å². The van der Waals surface area contributed by atoms with E-state index in [1.54, 1.807) is 0 Å². The lowest BCUT2D eigenvalue weighted by molar-refractivity contribution is 0.0702. The van der Waals surface area contributed by atoms with Crippen molar-refractivity contribution in [3.05, 3.63) is 72.2 Å². The Morgan fingerprint density at radius 2 is 1.86 bits per heavy atom. The van der Waals surface area contributed by atoms with Gasteiger partial charge in [0.2, 0.25) is 0 Å². The number of hydrogen-bond donors (Lipinski definition) is 2. The maximum absolute atomic E-state index is 13.2. The maximum atomic E-state index is 13.2. The van der Waals surface area contributed by atoms with E-state index in [1.165, 1.54) is 0 Å². The van der Waals surface area contributed by atoms with Gasteiger partial charge in [0.1, 0.15) is 0 Å². The molecule has 0 radical (unpaired) electrons. The minimum atomic E-state index is -0.0112. The number of benzene rings is 2. The number of hydrogen-bond acceptors (Lipinski definition) is 3. The Bertz CT molecular complexity index is 1110. The first-order chi connectivity index (χ1) is 13.8. The number of aromatic amines is 2. The molecule has 1 aliphatic rings. The highest BCUT2D eigenvalue weighted by molar-refractivity contribution is 6.04. The molecular formula is C22H21N5O. The molecule has 1 unspecified atom stereocenters. The molecule has 140 valence electrons. The van der Waals surface area contributed by atoms with Gasteiger partial charge in [-0.15, -0.1) is 0 Å². The van der Waals surface area contributed by atoms with Gasteiger partial charge in [-0.2, -0.15) is 10.2 Å². The topological polar surface area (TPSA) is 77.7 Å². The van der Waals surface area contributed by atoms with Crippen molar-refractivity contribution in [2.75, 3.05) is 13.1 Å². The van der Waals surface area contributed by atoms with Gasteiger partial charge in [-0.1, -0.05) is 48.5 Å². The molecule has 0 bridgehead atoms. The van der Waals surface area contributed by atoms with E-state index in [2.05, 4.69) is 32.5 Å². The van der Waals surface area contributed by atoms with Crippen LogP contribution in [0.4, 0.5) is 0 Å². The Balaban J connectivity index is 1.42. The molecule has 0 aliphatic carbocycles. The smallest absolute Gasteiger partial charge is 0.275 e. The van der Waals surface area contributed by atoms with Crippen LogP contribution in [0.2, 0.25) is 0 Å². The SMILES string of the molecule is O=C(c1n[nH]c2ccccc12)N1CCCC(c2[nH]ncc2-c2ccccc2)C1. The van der Waals surface area contributed by atoms with E-state index in [4.69, 9.17) is 0 Å². The minimum absolute atomic E-state index is 0.0112. The van der Waals surface area contributed by atoms with Crippen LogP contribution in [0.3, 0.4) is 0 Å². The molecule has 1 saturated heterocycles.